The van der Waals surface area contributed by atoms with E-state index in [9.17, 15) is 29.1 Å². The summed E-state index contributed by atoms with van der Waals surface area (Å²) in [4.78, 5) is 37.7. The van der Waals surface area contributed by atoms with Crippen molar-refractivity contribution >= 4 is 17.9 Å². The number of hydrogen-bond acceptors (Lipinski definition) is 4. The van der Waals surface area contributed by atoms with Crippen LogP contribution < -0.4 is 10.6 Å². The molecule has 2 aliphatic heterocycles. The Balaban J connectivity index is 1.30. The number of rotatable bonds is 5. The molecule has 3 N–H and O–H groups in total. The number of nitriles is 1. The number of carboxylic acid groups (broad SMARTS) is 1. The number of hydrogen-bond donors (Lipinski definition) is 3. The van der Waals surface area contributed by atoms with Crippen molar-refractivity contribution in [2.24, 2.45) is 11.8 Å². The van der Waals surface area contributed by atoms with Crippen LogP contribution in [0.5, 0.6) is 0 Å². The van der Waals surface area contributed by atoms with E-state index in [1.54, 1.807) is 24.3 Å². The zero-order chi connectivity index (χ0) is 24.9. The molecule has 1 saturated heterocycles. The second kappa shape index (κ2) is 8.69. The van der Waals surface area contributed by atoms with E-state index in [-0.39, 0.29) is 35.8 Å². The Hall–Kier alpha value is -3.93. The molecule has 2 aromatic carbocycles. The lowest BCUT2D eigenvalue weighted by Crippen LogP contribution is -2.55. The lowest BCUT2D eigenvalue weighted by Gasteiger charge is -2.35. The Kier molecular flexibility index (Phi) is 5.67. The number of halogens is 1. The molecule has 35 heavy (non-hydrogen) atoms. The predicted molar refractivity (Wildman–Crippen MR) is 124 cm³/mol. The van der Waals surface area contributed by atoms with Crippen molar-refractivity contribution in [1.82, 2.24) is 15.5 Å². The van der Waals surface area contributed by atoms with Gasteiger partial charge in [-0.2, -0.15) is 5.26 Å². The summed E-state index contributed by atoms with van der Waals surface area (Å²) in [6.45, 7) is 2.45. The number of nitrogens with zero attached hydrogens (tertiary/aromatic N) is 2. The number of fused-ring (bicyclic) bond motifs is 3. The van der Waals surface area contributed by atoms with Gasteiger partial charge in [0.25, 0.3) is 5.91 Å². The molecule has 5 atom stereocenters. The standard InChI is InChI=1S/C26H25FN4O4/c1-13-6-19-10-21(13)23(31(19)26(34)35)25(33)30-18(11-28)8-16-3-2-15(9-22(16)27)14-4-5-20-17(7-14)12-29-24(20)32/h2-5,7,9,13,18-19,21,23H,6,8,10,12H2,1H3,(H,29,32)(H,30,33)(H,34,35)/t13?,18-,19?,21?,23?/m0/s1. The molecule has 2 heterocycles. The maximum Gasteiger partial charge on any atom is 0.408 e. The van der Waals surface area contributed by atoms with Gasteiger partial charge in [-0.1, -0.05) is 25.1 Å². The monoisotopic (exact) mass is 476 g/mol. The minimum atomic E-state index is -1.13. The predicted octanol–water partition coefficient (Wildman–Crippen LogP) is 3.06. The van der Waals surface area contributed by atoms with Crippen LogP contribution in [-0.2, 0) is 17.8 Å². The molecule has 4 unspecified atom stereocenters. The SMILES string of the molecule is CC1CC2CC1C(C(=O)N[C@H](C#N)Cc1ccc(-c3ccc4c(c3)CNC4=O)cc1F)N2C(=O)O. The summed E-state index contributed by atoms with van der Waals surface area (Å²) in [5, 5.41) is 24.6. The molecule has 9 heteroatoms. The Labute approximate surface area is 201 Å². The molecule has 2 bridgehead atoms. The summed E-state index contributed by atoms with van der Waals surface area (Å²) in [6, 6.07) is 10.0. The van der Waals surface area contributed by atoms with Crippen LogP contribution in [0.4, 0.5) is 9.18 Å². The van der Waals surface area contributed by atoms with Gasteiger partial charge in [0.2, 0.25) is 5.91 Å². The molecule has 1 saturated carbocycles. The first-order valence-corrected chi connectivity index (χ1v) is 11.7. The van der Waals surface area contributed by atoms with Crippen molar-refractivity contribution in [3.63, 3.8) is 0 Å². The highest BCUT2D eigenvalue weighted by Gasteiger charge is 2.54. The van der Waals surface area contributed by atoms with Crippen molar-refractivity contribution < 1.29 is 23.9 Å². The van der Waals surface area contributed by atoms with Gasteiger partial charge in [0.1, 0.15) is 17.9 Å². The fourth-order valence-corrected chi connectivity index (χ4v) is 5.85. The third-order valence-electron chi connectivity index (χ3n) is 7.58. The van der Waals surface area contributed by atoms with Gasteiger partial charge in [-0.3, -0.25) is 14.5 Å². The first kappa shape index (κ1) is 22.8. The molecule has 5 rings (SSSR count). The average molecular weight is 477 g/mol. The maximum absolute atomic E-state index is 15.0. The Bertz CT molecular complexity index is 1270. The van der Waals surface area contributed by atoms with Gasteiger partial charge in [0.15, 0.2) is 0 Å². The highest BCUT2D eigenvalue weighted by Crippen LogP contribution is 2.46. The molecule has 1 aliphatic carbocycles. The van der Waals surface area contributed by atoms with Crippen molar-refractivity contribution in [3.8, 4) is 17.2 Å². The van der Waals surface area contributed by atoms with Crippen molar-refractivity contribution in [2.75, 3.05) is 0 Å². The quantitative estimate of drug-likeness (QED) is 0.612. The van der Waals surface area contributed by atoms with E-state index in [0.717, 1.165) is 17.5 Å². The van der Waals surface area contributed by atoms with Crippen molar-refractivity contribution in [1.29, 1.82) is 5.26 Å². The summed E-state index contributed by atoms with van der Waals surface area (Å²) >= 11 is 0. The van der Waals surface area contributed by atoms with Gasteiger partial charge in [0.05, 0.1) is 6.07 Å². The zero-order valence-electron chi connectivity index (χ0n) is 19.1. The first-order chi connectivity index (χ1) is 16.8. The molecular formula is C26H25FN4O4. The van der Waals surface area contributed by atoms with Crippen LogP contribution in [0, 0.1) is 29.0 Å². The van der Waals surface area contributed by atoms with E-state index in [4.69, 9.17) is 0 Å². The molecular weight excluding hydrogens is 451 g/mol. The van der Waals surface area contributed by atoms with E-state index in [1.807, 2.05) is 19.1 Å². The molecule has 8 nitrogen and oxygen atoms in total. The topological polar surface area (TPSA) is 123 Å². The van der Waals surface area contributed by atoms with Crippen LogP contribution in [0.25, 0.3) is 11.1 Å². The maximum atomic E-state index is 15.0. The molecule has 2 aromatic rings. The van der Waals surface area contributed by atoms with Crippen molar-refractivity contribution in [3.05, 3.63) is 58.9 Å². The lowest BCUT2D eigenvalue weighted by atomic mass is 9.88. The highest BCUT2D eigenvalue weighted by atomic mass is 19.1. The summed E-state index contributed by atoms with van der Waals surface area (Å²) in [7, 11) is 0. The van der Waals surface area contributed by atoms with Gasteiger partial charge < -0.3 is 15.7 Å². The minimum Gasteiger partial charge on any atom is -0.465 e. The van der Waals surface area contributed by atoms with E-state index in [0.29, 0.717) is 24.1 Å². The Morgan fingerprint density at radius 2 is 2.00 bits per heavy atom. The third-order valence-corrected chi connectivity index (χ3v) is 7.58. The molecule has 3 aliphatic rings. The van der Waals surface area contributed by atoms with Gasteiger partial charge in [0, 0.05) is 24.6 Å². The normalized spacial score (nSPS) is 25.1. The number of nitrogens with one attached hydrogen (secondary N) is 2. The van der Waals surface area contributed by atoms with E-state index >= 15 is 0 Å². The van der Waals surface area contributed by atoms with E-state index < -0.39 is 29.9 Å². The molecule has 0 aromatic heterocycles. The van der Waals surface area contributed by atoms with Crippen molar-refractivity contribution in [2.45, 2.75) is 50.9 Å². The highest BCUT2D eigenvalue weighted by molar-refractivity contribution is 5.98. The Morgan fingerprint density at radius 1 is 1.26 bits per heavy atom. The Morgan fingerprint density at radius 3 is 2.71 bits per heavy atom. The fraction of sp³-hybridized carbons (Fsp3) is 0.385. The molecule has 180 valence electrons. The van der Waals surface area contributed by atoms with Crippen LogP contribution >= 0.6 is 0 Å². The second-order valence-electron chi connectivity index (χ2n) is 9.66. The van der Waals surface area contributed by atoms with Crippen LogP contribution in [0.15, 0.2) is 36.4 Å². The largest absolute Gasteiger partial charge is 0.465 e. The lowest BCUT2D eigenvalue weighted by molar-refractivity contribution is -0.128. The molecule has 0 radical (unpaired) electrons. The first-order valence-electron chi connectivity index (χ1n) is 11.7. The molecule has 0 spiro atoms. The number of carbonyl (C=O) groups excluding carboxylic acids is 2. The molecule has 2 fully saturated rings. The number of amides is 3. The minimum absolute atomic E-state index is 0.0413. The fourth-order valence-electron chi connectivity index (χ4n) is 5.85. The number of carbonyl (C=O) groups is 3. The smallest absolute Gasteiger partial charge is 0.408 e. The number of piperidine rings is 1. The third kappa shape index (κ3) is 3.99. The van der Waals surface area contributed by atoms with Gasteiger partial charge in [-0.15, -0.1) is 0 Å². The average Bonchev–Trinajstić information content (AvgIpc) is 3.51. The number of likely N-dealkylation sites (tertiary alicyclic amines) is 1. The summed E-state index contributed by atoms with van der Waals surface area (Å²) in [5.41, 5.74) is 3.16. The van der Waals surface area contributed by atoms with Gasteiger partial charge in [-0.05, 0) is 65.1 Å². The van der Waals surface area contributed by atoms with E-state index in [1.165, 1.54) is 11.0 Å². The van der Waals surface area contributed by atoms with Gasteiger partial charge >= 0.3 is 6.09 Å². The zero-order valence-corrected chi connectivity index (χ0v) is 19.1. The summed E-state index contributed by atoms with van der Waals surface area (Å²) in [6.07, 6.45) is 0.204. The van der Waals surface area contributed by atoms with Crippen LogP contribution in [0.2, 0.25) is 0 Å². The molecule has 3 amide bonds. The number of benzene rings is 2. The van der Waals surface area contributed by atoms with Crippen LogP contribution in [-0.4, -0.2) is 46.0 Å². The van der Waals surface area contributed by atoms with Crippen LogP contribution in [0.1, 0.15) is 41.3 Å². The summed E-state index contributed by atoms with van der Waals surface area (Å²) in [5.74, 6) is -0.984. The summed E-state index contributed by atoms with van der Waals surface area (Å²) < 4.78 is 15.0. The van der Waals surface area contributed by atoms with Crippen LogP contribution in [0.3, 0.4) is 0 Å². The van der Waals surface area contributed by atoms with Gasteiger partial charge in [-0.25, -0.2) is 9.18 Å². The second-order valence-corrected chi connectivity index (χ2v) is 9.66. The van der Waals surface area contributed by atoms with E-state index in [2.05, 4.69) is 10.6 Å².